The van der Waals surface area contributed by atoms with E-state index in [-0.39, 0.29) is 5.82 Å². The van der Waals surface area contributed by atoms with Crippen LogP contribution in [0, 0.1) is 5.82 Å². The normalized spacial score (nSPS) is 13.8. The average Bonchev–Trinajstić information content (AvgIpc) is 2.82. The van der Waals surface area contributed by atoms with Crippen LogP contribution in [0.25, 0.3) is 16.9 Å². The Morgan fingerprint density at radius 2 is 2.00 bits per heavy atom. The Balaban J connectivity index is 1.94. The van der Waals surface area contributed by atoms with Crippen LogP contribution in [-0.2, 0) is 12.8 Å². The highest BCUT2D eigenvalue weighted by molar-refractivity contribution is 5.71. The van der Waals surface area contributed by atoms with Crippen LogP contribution in [0.5, 0.6) is 0 Å². The van der Waals surface area contributed by atoms with E-state index < -0.39 is 0 Å². The molecule has 2 aromatic carbocycles. The molecule has 0 spiro atoms. The largest absolute Gasteiger partial charge is 0.370 e. The van der Waals surface area contributed by atoms with Gasteiger partial charge in [0.1, 0.15) is 11.6 Å². The summed E-state index contributed by atoms with van der Waals surface area (Å²) in [5.74, 6) is 0.828. The molecule has 0 unspecified atom stereocenters. The van der Waals surface area contributed by atoms with Crippen LogP contribution in [0.15, 0.2) is 48.5 Å². The van der Waals surface area contributed by atoms with Crippen molar-refractivity contribution in [2.75, 3.05) is 11.9 Å². The molecule has 3 aromatic rings. The van der Waals surface area contributed by atoms with Crippen molar-refractivity contribution in [1.82, 2.24) is 9.78 Å². The van der Waals surface area contributed by atoms with Gasteiger partial charge in [-0.05, 0) is 49.4 Å². The van der Waals surface area contributed by atoms with E-state index in [1.165, 1.54) is 17.2 Å². The van der Waals surface area contributed by atoms with Gasteiger partial charge in [-0.1, -0.05) is 37.3 Å². The van der Waals surface area contributed by atoms with Crippen LogP contribution in [0.4, 0.5) is 10.2 Å². The van der Waals surface area contributed by atoms with Crippen LogP contribution in [-0.4, -0.2) is 16.3 Å². The number of nitrogens with one attached hydrogen (secondary N) is 1. The highest BCUT2D eigenvalue weighted by Gasteiger charge is 2.22. The third-order valence-corrected chi connectivity index (χ3v) is 4.83. The molecule has 1 aromatic heterocycles. The molecule has 0 bridgehead atoms. The molecule has 3 nitrogen and oxygen atoms in total. The lowest BCUT2D eigenvalue weighted by Crippen LogP contribution is -2.08. The summed E-state index contributed by atoms with van der Waals surface area (Å²) >= 11 is 0. The summed E-state index contributed by atoms with van der Waals surface area (Å²) in [6.07, 6.45) is 4.15. The van der Waals surface area contributed by atoms with Crippen molar-refractivity contribution >= 4 is 5.82 Å². The van der Waals surface area contributed by atoms with E-state index in [0.717, 1.165) is 55.0 Å². The fourth-order valence-corrected chi connectivity index (χ4v) is 3.56. The molecule has 2 heterocycles. The molecule has 128 valence electrons. The van der Waals surface area contributed by atoms with E-state index in [1.54, 1.807) is 12.1 Å². The number of para-hydroxylation sites is 1. The Labute approximate surface area is 147 Å². The van der Waals surface area contributed by atoms with Gasteiger partial charge < -0.3 is 5.32 Å². The smallest absolute Gasteiger partial charge is 0.133 e. The van der Waals surface area contributed by atoms with Gasteiger partial charge in [0.25, 0.3) is 0 Å². The molecule has 0 saturated carbocycles. The van der Waals surface area contributed by atoms with Gasteiger partial charge in [0.2, 0.25) is 0 Å². The number of aromatic nitrogens is 2. The summed E-state index contributed by atoms with van der Waals surface area (Å²) in [6.45, 7) is 3.09. The molecule has 4 heteroatoms. The minimum atomic E-state index is -0.226. The zero-order valence-corrected chi connectivity index (χ0v) is 14.4. The maximum Gasteiger partial charge on any atom is 0.133 e. The van der Waals surface area contributed by atoms with Crippen molar-refractivity contribution in [3.05, 3.63) is 65.5 Å². The van der Waals surface area contributed by atoms with Crippen LogP contribution in [0.1, 0.15) is 30.9 Å². The molecular formula is C21H22FN3. The maximum absolute atomic E-state index is 13.8. The SMILES string of the molecule is CCc1ccccc1-n1nc(-c2cccc(F)c2)c2c1NCCCC2. The van der Waals surface area contributed by atoms with E-state index in [2.05, 4.69) is 30.4 Å². The Kier molecular flexibility index (Phi) is 4.26. The molecule has 1 aliphatic rings. The zero-order valence-electron chi connectivity index (χ0n) is 14.4. The van der Waals surface area contributed by atoms with Crippen molar-refractivity contribution in [2.45, 2.75) is 32.6 Å². The molecule has 0 amide bonds. The lowest BCUT2D eigenvalue weighted by atomic mass is 10.0. The second-order valence-electron chi connectivity index (χ2n) is 6.46. The molecule has 0 radical (unpaired) electrons. The van der Waals surface area contributed by atoms with Gasteiger partial charge in [-0.25, -0.2) is 9.07 Å². The van der Waals surface area contributed by atoms with Crippen molar-refractivity contribution in [3.8, 4) is 16.9 Å². The first-order chi connectivity index (χ1) is 12.3. The summed E-state index contributed by atoms with van der Waals surface area (Å²) in [5, 5.41) is 8.47. The predicted molar refractivity (Wildman–Crippen MR) is 99.8 cm³/mol. The summed E-state index contributed by atoms with van der Waals surface area (Å²) in [7, 11) is 0. The third-order valence-electron chi connectivity index (χ3n) is 4.83. The first kappa shape index (κ1) is 15.9. The van der Waals surface area contributed by atoms with Gasteiger partial charge in [-0.3, -0.25) is 0 Å². The summed E-state index contributed by atoms with van der Waals surface area (Å²) in [6, 6.07) is 15.1. The van der Waals surface area contributed by atoms with Gasteiger partial charge in [-0.2, -0.15) is 5.10 Å². The van der Waals surface area contributed by atoms with E-state index in [1.807, 2.05) is 16.8 Å². The van der Waals surface area contributed by atoms with Gasteiger partial charge in [0.15, 0.2) is 0 Å². The topological polar surface area (TPSA) is 29.9 Å². The number of nitrogens with zero attached hydrogens (tertiary/aromatic N) is 2. The molecule has 0 atom stereocenters. The number of aryl methyl sites for hydroxylation is 1. The molecule has 0 aliphatic carbocycles. The van der Waals surface area contributed by atoms with E-state index >= 15 is 0 Å². The summed E-state index contributed by atoms with van der Waals surface area (Å²) in [5.41, 5.74) is 5.26. The number of benzene rings is 2. The maximum atomic E-state index is 13.8. The third kappa shape index (κ3) is 2.93. The average molecular weight is 335 g/mol. The van der Waals surface area contributed by atoms with Crippen LogP contribution in [0.2, 0.25) is 0 Å². The van der Waals surface area contributed by atoms with E-state index in [9.17, 15) is 4.39 Å². The molecular weight excluding hydrogens is 313 g/mol. The van der Waals surface area contributed by atoms with Crippen LogP contribution < -0.4 is 5.32 Å². The molecule has 1 aliphatic heterocycles. The van der Waals surface area contributed by atoms with Crippen molar-refractivity contribution in [1.29, 1.82) is 0 Å². The standard InChI is InChI=1S/C21H22FN3/c1-2-15-8-3-4-12-19(15)25-21-18(11-5-6-13-23-21)20(24-25)16-9-7-10-17(22)14-16/h3-4,7-10,12,14,23H,2,5-6,11,13H2,1H3. The van der Waals surface area contributed by atoms with E-state index in [4.69, 9.17) is 5.10 Å². The Morgan fingerprint density at radius 3 is 2.84 bits per heavy atom. The number of hydrogen-bond acceptors (Lipinski definition) is 2. The fourth-order valence-electron chi connectivity index (χ4n) is 3.56. The van der Waals surface area contributed by atoms with Crippen molar-refractivity contribution in [2.24, 2.45) is 0 Å². The summed E-state index contributed by atoms with van der Waals surface area (Å²) < 4.78 is 15.8. The lowest BCUT2D eigenvalue weighted by Gasteiger charge is -2.12. The lowest BCUT2D eigenvalue weighted by molar-refractivity contribution is 0.628. The Morgan fingerprint density at radius 1 is 1.12 bits per heavy atom. The minimum absolute atomic E-state index is 0.226. The van der Waals surface area contributed by atoms with Gasteiger partial charge in [0.05, 0.1) is 11.4 Å². The zero-order chi connectivity index (χ0) is 17.2. The molecule has 0 fully saturated rings. The van der Waals surface area contributed by atoms with Crippen LogP contribution in [0.3, 0.4) is 0 Å². The number of anilines is 1. The highest BCUT2D eigenvalue weighted by Crippen LogP contribution is 2.34. The molecule has 0 saturated heterocycles. The first-order valence-electron chi connectivity index (χ1n) is 8.98. The number of rotatable bonds is 3. The van der Waals surface area contributed by atoms with Gasteiger partial charge >= 0.3 is 0 Å². The number of hydrogen-bond donors (Lipinski definition) is 1. The van der Waals surface area contributed by atoms with Crippen molar-refractivity contribution < 1.29 is 4.39 Å². The second kappa shape index (κ2) is 6.71. The number of halogens is 1. The highest BCUT2D eigenvalue weighted by atomic mass is 19.1. The van der Waals surface area contributed by atoms with Gasteiger partial charge in [-0.15, -0.1) is 0 Å². The van der Waals surface area contributed by atoms with Crippen LogP contribution >= 0.6 is 0 Å². The summed E-state index contributed by atoms with van der Waals surface area (Å²) in [4.78, 5) is 0. The van der Waals surface area contributed by atoms with Crippen molar-refractivity contribution in [3.63, 3.8) is 0 Å². The number of fused-ring (bicyclic) bond motifs is 1. The van der Waals surface area contributed by atoms with Gasteiger partial charge in [0, 0.05) is 17.7 Å². The first-order valence-corrected chi connectivity index (χ1v) is 8.98. The Bertz CT molecular complexity index is 898. The quantitative estimate of drug-likeness (QED) is 0.731. The molecule has 1 N–H and O–H groups in total. The molecule has 4 rings (SSSR count). The van der Waals surface area contributed by atoms with E-state index in [0.29, 0.717) is 0 Å². The monoisotopic (exact) mass is 335 g/mol. The molecule has 25 heavy (non-hydrogen) atoms. The minimum Gasteiger partial charge on any atom is -0.370 e. The fraction of sp³-hybridized carbons (Fsp3) is 0.286. The Hall–Kier alpha value is -2.62. The predicted octanol–water partition coefficient (Wildman–Crippen LogP) is 4.99. The second-order valence-corrected chi connectivity index (χ2v) is 6.46.